The third-order valence-electron chi connectivity index (χ3n) is 7.41. The highest BCUT2D eigenvalue weighted by molar-refractivity contribution is 7.13. The molecule has 0 spiro atoms. The largest absolute Gasteiger partial charge is 0.354 e. The maximum atomic E-state index is 13.4. The first kappa shape index (κ1) is 25.4. The predicted octanol–water partition coefficient (Wildman–Crippen LogP) is 4.97. The molecule has 0 aromatic carbocycles. The second-order valence-corrected chi connectivity index (χ2v) is 10.5. The minimum absolute atomic E-state index is 0.0765. The fraction of sp³-hybridized carbons (Fsp3) is 0.429. The van der Waals surface area contributed by atoms with Crippen LogP contribution in [-0.4, -0.2) is 68.7 Å². The first-order valence-corrected chi connectivity index (χ1v) is 14.1. The van der Waals surface area contributed by atoms with Gasteiger partial charge in [-0.15, -0.1) is 11.3 Å². The van der Waals surface area contributed by atoms with E-state index >= 15 is 0 Å². The summed E-state index contributed by atoms with van der Waals surface area (Å²) in [5.74, 6) is 0.748. The van der Waals surface area contributed by atoms with E-state index in [0.717, 1.165) is 60.1 Å². The average Bonchev–Trinajstić information content (AvgIpc) is 3.60. The molecule has 2 atom stereocenters. The maximum Gasteiger partial charge on any atom is 0.251 e. The van der Waals surface area contributed by atoms with Crippen molar-refractivity contribution in [3.63, 3.8) is 0 Å². The van der Waals surface area contributed by atoms with Crippen molar-refractivity contribution < 1.29 is 4.79 Å². The Kier molecular flexibility index (Phi) is 7.53. The van der Waals surface area contributed by atoms with Crippen LogP contribution in [0.15, 0.2) is 48.1 Å². The van der Waals surface area contributed by atoms with E-state index in [2.05, 4.69) is 54.0 Å². The fourth-order valence-corrected chi connectivity index (χ4v) is 5.68. The van der Waals surface area contributed by atoms with Gasteiger partial charge in [0.25, 0.3) is 5.91 Å². The fourth-order valence-electron chi connectivity index (χ4n) is 4.98. The van der Waals surface area contributed by atoms with Crippen LogP contribution in [0.4, 0.5) is 5.82 Å². The molecule has 1 amide bonds. The monoisotopic (exact) mass is 517 g/mol. The van der Waals surface area contributed by atoms with E-state index < -0.39 is 0 Å². The smallest absolute Gasteiger partial charge is 0.251 e. The number of carbonyl (C=O) groups is 1. The maximum absolute atomic E-state index is 13.4. The number of carbonyl (C=O) groups excluding carboxylic acids is 1. The molecule has 4 aromatic heterocycles. The van der Waals surface area contributed by atoms with Crippen LogP contribution in [0.2, 0.25) is 0 Å². The number of nitrogens with zero attached hydrogens (tertiary/aromatic N) is 6. The van der Waals surface area contributed by atoms with Gasteiger partial charge in [0, 0.05) is 36.9 Å². The Balaban J connectivity index is 1.50. The highest BCUT2D eigenvalue weighted by Crippen LogP contribution is 2.31. The molecule has 5 rings (SSSR count). The number of nitrogens with one attached hydrogen (secondary N) is 1. The summed E-state index contributed by atoms with van der Waals surface area (Å²) in [7, 11) is 0. The van der Waals surface area contributed by atoms with Gasteiger partial charge < -0.3 is 10.2 Å². The number of hydrogen-bond acceptors (Lipinski definition) is 7. The van der Waals surface area contributed by atoms with E-state index in [9.17, 15) is 4.79 Å². The number of rotatable bonds is 10. The van der Waals surface area contributed by atoms with Crippen LogP contribution in [-0.2, 0) is 0 Å². The second-order valence-electron chi connectivity index (χ2n) is 9.54. The van der Waals surface area contributed by atoms with Gasteiger partial charge in [-0.1, -0.05) is 26.8 Å². The standard InChI is InChI=1S/C28H35N7OS/c1-5-21(33(6-2)7-3)17-29-28(36)20-15-24(31-26(16-20)34-12-10-19(34)4)22-18-30-35-13-11-23(32-27(22)35)25-9-8-14-37-25/h8-9,11,13-16,18-19,21H,5-7,10,12,17H2,1-4H3,(H,29,36)/t19-,21-/m1/s1. The first-order valence-electron chi connectivity index (χ1n) is 13.2. The molecule has 0 radical (unpaired) electrons. The molecule has 37 heavy (non-hydrogen) atoms. The van der Waals surface area contributed by atoms with Gasteiger partial charge >= 0.3 is 0 Å². The van der Waals surface area contributed by atoms with E-state index in [1.165, 1.54) is 0 Å². The summed E-state index contributed by atoms with van der Waals surface area (Å²) in [5.41, 5.74) is 3.77. The molecule has 8 nitrogen and oxygen atoms in total. The summed E-state index contributed by atoms with van der Waals surface area (Å²) in [6, 6.07) is 10.6. The molecule has 194 valence electrons. The van der Waals surface area contributed by atoms with Crippen molar-refractivity contribution in [1.29, 1.82) is 0 Å². The predicted molar refractivity (Wildman–Crippen MR) is 150 cm³/mol. The molecule has 0 saturated carbocycles. The van der Waals surface area contributed by atoms with Crippen molar-refractivity contribution in [2.75, 3.05) is 31.1 Å². The summed E-state index contributed by atoms with van der Waals surface area (Å²) in [5, 5.41) is 9.76. The lowest BCUT2D eigenvalue weighted by molar-refractivity contribution is 0.0934. The van der Waals surface area contributed by atoms with Gasteiger partial charge in [-0.2, -0.15) is 5.10 Å². The average molecular weight is 518 g/mol. The van der Waals surface area contributed by atoms with Gasteiger partial charge in [0.2, 0.25) is 0 Å². The SMILES string of the molecule is CC[C@H](CNC(=O)c1cc(-c2cnn3ccc(-c4cccs4)nc23)nc(N2CC[C@H]2C)c1)N(CC)CC. The molecule has 4 aromatic rings. The normalized spacial score (nSPS) is 16.2. The van der Waals surface area contributed by atoms with Crippen LogP contribution < -0.4 is 10.2 Å². The lowest BCUT2D eigenvalue weighted by Gasteiger charge is -2.40. The van der Waals surface area contributed by atoms with Gasteiger partial charge in [0.1, 0.15) is 5.82 Å². The third kappa shape index (κ3) is 5.10. The lowest BCUT2D eigenvalue weighted by Crippen LogP contribution is -2.46. The van der Waals surface area contributed by atoms with Crippen molar-refractivity contribution in [3.8, 4) is 21.8 Å². The molecule has 1 aliphatic rings. The Labute approximate surface area is 222 Å². The number of fused-ring (bicyclic) bond motifs is 1. The van der Waals surface area contributed by atoms with Crippen LogP contribution >= 0.6 is 11.3 Å². The minimum Gasteiger partial charge on any atom is -0.354 e. The van der Waals surface area contributed by atoms with Crippen molar-refractivity contribution in [3.05, 3.63) is 53.7 Å². The Morgan fingerprint density at radius 2 is 2.03 bits per heavy atom. The molecule has 5 heterocycles. The quantitative estimate of drug-likeness (QED) is 0.320. The molecule has 0 bridgehead atoms. The number of anilines is 1. The van der Waals surface area contributed by atoms with E-state index in [1.54, 1.807) is 22.0 Å². The van der Waals surface area contributed by atoms with Crippen LogP contribution in [0.1, 0.15) is 50.9 Å². The zero-order valence-corrected chi connectivity index (χ0v) is 22.8. The Morgan fingerprint density at radius 1 is 1.19 bits per heavy atom. The summed E-state index contributed by atoms with van der Waals surface area (Å²) in [6.45, 7) is 12.2. The van der Waals surface area contributed by atoms with Crippen LogP contribution in [0.3, 0.4) is 0 Å². The summed E-state index contributed by atoms with van der Waals surface area (Å²) in [4.78, 5) is 29.1. The number of hydrogen-bond donors (Lipinski definition) is 1. The van der Waals surface area contributed by atoms with Crippen LogP contribution in [0, 0.1) is 0 Å². The van der Waals surface area contributed by atoms with Gasteiger partial charge in [0.15, 0.2) is 5.65 Å². The number of pyridine rings is 1. The van der Waals surface area contributed by atoms with E-state index in [0.29, 0.717) is 29.9 Å². The van der Waals surface area contributed by atoms with Crippen molar-refractivity contribution in [1.82, 2.24) is 29.8 Å². The van der Waals surface area contributed by atoms with E-state index in [4.69, 9.17) is 9.97 Å². The summed E-state index contributed by atoms with van der Waals surface area (Å²) < 4.78 is 1.77. The number of likely N-dealkylation sites (N-methyl/N-ethyl adjacent to an activating group) is 1. The van der Waals surface area contributed by atoms with Crippen molar-refractivity contribution >= 4 is 28.7 Å². The van der Waals surface area contributed by atoms with Gasteiger partial charge in [-0.3, -0.25) is 9.69 Å². The van der Waals surface area contributed by atoms with E-state index in [-0.39, 0.29) is 5.91 Å². The highest BCUT2D eigenvalue weighted by Gasteiger charge is 2.27. The van der Waals surface area contributed by atoms with Crippen molar-refractivity contribution in [2.24, 2.45) is 0 Å². The molecule has 0 aliphatic carbocycles. The Morgan fingerprint density at radius 3 is 2.68 bits per heavy atom. The number of aromatic nitrogens is 4. The Hall–Kier alpha value is -3.30. The molecule has 0 unspecified atom stereocenters. The number of amides is 1. The topological polar surface area (TPSA) is 78.7 Å². The summed E-state index contributed by atoms with van der Waals surface area (Å²) in [6.07, 6.45) is 5.83. The summed E-state index contributed by atoms with van der Waals surface area (Å²) >= 11 is 1.66. The van der Waals surface area contributed by atoms with E-state index in [1.807, 2.05) is 35.8 Å². The van der Waals surface area contributed by atoms with Gasteiger partial charge in [-0.05, 0) is 62.5 Å². The molecule has 1 fully saturated rings. The number of thiophene rings is 1. The first-order chi connectivity index (χ1) is 18.0. The second kappa shape index (κ2) is 11.0. The third-order valence-corrected chi connectivity index (χ3v) is 8.30. The molecule has 1 saturated heterocycles. The zero-order valence-electron chi connectivity index (χ0n) is 22.0. The molecule has 9 heteroatoms. The van der Waals surface area contributed by atoms with Crippen LogP contribution in [0.25, 0.3) is 27.5 Å². The molecule has 1 aliphatic heterocycles. The Bertz CT molecular complexity index is 1360. The zero-order chi connectivity index (χ0) is 25.9. The van der Waals surface area contributed by atoms with Gasteiger partial charge in [0.05, 0.1) is 28.0 Å². The molecule has 1 N–H and O–H groups in total. The molecular formula is C28H35N7OS. The van der Waals surface area contributed by atoms with Crippen molar-refractivity contribution in [2.45, 2.75) is 52.6 Å². The highest BCUT2D eigenvalue weighted by atomic mass is 32.1. The van der Waals surface area contributed by atoms with Gasteiger partial charge in [-0.25, -0.2) is 14.5 Å². The minimum atomic E-state index is -0.0765. The van der Waals surface area contributed by atoms with Crippen LogP contribution in [0.5, 0.6) is 0 Å². The molecular weight excluding hydrogens is 482 g/mol. The lowest BCUT2D eigenvalue weighted by atomic mass is 10.0.